The Hall–Kier alpha value is -2.65. The second-order valence-corrected chi connectivity index (χ2v) is 7.01. The third-order valence-electron chi connectivity index (χ3n) is 3.99. The van der Waals surface area contributed by atoms with E-state index in [0.717, 1.165) is 17.1 Å². The monoisotopic (exact) mass is 409 g/mol. The molecule has 0 aliphatic heterocycles. The number of hydrogen-bond donors (Lipinski definition) is 2. The zero-order chi connectivity index (χ0) is 20.7. The van der Waals surface area contributed by atoms with Crippen molar-refractivity contribution in [1.29, 1.82) is 0 Å². The summed E-state index contributed by atoms with van der Waals surface area (Å²) in [5.41, 5.74) is 0.618. The fourth-order valence-corrected chi connectivity index (χ4v) is 3.67. The van der Waals surface area contributed by atoms with Crippen LogP contribution >= 0.6 is 11.3 Å². The van der Waals surface area contributed by atoms with Crippen molar-refractivity contribution in [2.45, 2.75) is 33.7 Å². The Morgan fingerprint density at radius 3 is 2.50 bits per heavy atom. The number of hydrogen-bond acceptors (Lipinski definition) is 7. The van der Waals surface area contributed by atoms with Gasteiger partial charge in [-0.15, -0.1) is 11.3 Å². The van der Waals surface area contributed by atoms with E-state index in [4.69, 9.17) is 13.9 Å². The molecule has 2 aromatic rings. The lowest BCUT2D eigenvalue weighted by atomic mass is 10.1. The number of amides is 1. The summed E-state index contributed by atoms with van der Waals surface area (Å²) in [7, 11) is 0. The van der Waals surface area contributed by atoms with E-state index in [1.807, 2.05) is 18.3 Å². The summed E-state index contributed by atoms with van der Waals surface area (Å²) in [6.07, 6.45) is 1.58. The van der Waals surface area contributed by atoms with Crippen molar-refractivity contribution in [1.82, 2.24) is 0 Å². The van der Waals surface area contributed by atoms with Crippen LogP contribution in [0.3, 0.4) is 0 Å². The highest BCUT2D eigenvalue weighted by molar-refractivity contribution is 7.18. The average Bonchev–Trinajstić information content (AvgIpc) is 3.28. The molecule has 2 aromatic heterocycles. The molecular formula is C19H25N2O6S+. The molecule has 8 nitrogen and oxygen atoms in total. The molecule has 1 amide bonds. The number of esters is 2. The second-order valence-electron chi connectivity index (χ2n) is 5.99. The molecule has 1 atom stereocenters. The number of carbonyl (C=O) groups excluding carboxylic acids is 3. The van der Waals surface area contributed by atoms with Crippen molar-refractivity contribution in [3.63, 3.8) is 0 Å². The summed E-state index contributed by atoms with van der Waals surface area (Å²) < 4.78 is 15.4. The summed E-state index contributed by atoms with van der Waals surface area (Å²) >= 11 is 1.01. The van der Waals surface area contributed by atoms with Gasteiger partial charge in [0.2, 0.25) is 0 Å². The van der Waals surface area contributed by atoms with Crippen LogP contribution in [0, 0.1) is 6.92 Å². The number of thiophene rings is 1. The minimum atomic E-state index is -0.588. The van der Waals surface area contributed by atoms with Crippen LogP contribution in [-0.2, 0) is 14.3 Å². The molecule has 0 unspecified atom stereocenters. The molecule has 0 bridgehead atoms. The second kappa shape index (κ2) is 10.0. The van der Waals surface area contributed by atoms with Gasteiger partial charge in [0.05, 0.1) is 25.0 Å². The molecule has 2 heterocycles. The smallest absolute Gasteiger partial charge is 0.348 e. The van der Waals surface area contributed by atoms with E-state index < -0.39 is 11.9 Å². The standard InChI is InChI=1S/C19H24N2O6S/c1-5-25-18(23)15-11(3)16(19(24)26-6-2)28-17(15)21-14(22)10-20-12(4)13-8-7-9-27-13/h7-9,12,20H,5-6,10H2,1-4H3,(H,21,22)/p+1/t12-/m1/s1. The van der Waals surface area contributed by atoms with Gasteiger partial charge in [-0.2, -0.15) is 0 Å². The molecule has 0 aliphatic rings. The van der Waals surface area contributed by atoms with Crippen molar-refractivity contribution < 1.29 is 33.6 Å². The van der Waals surface area contributed by atoms with Gasteiger partial charge in [0.15, 0.2) is 12.3 Å². The molecule has 0 aromatic carbocycles. The van der Waals surface area contributed by atoms with Crippen molar-refractivity contribution >= 4 is 34.2 Å². The largest absolute Gasteiger partial charge is 0.463 e. The highest BCUT2D eigenvalue weighted by Crippen LogP contribution is 2.34. The number of quaternary nitrogens is 1. The van der Waals surface area contributed by atoms with E-state index in [-0.39, 0.29) is 47.1 Å². The van der Waals surface area contributed by atoms with Crippen LogP contribution in [-0.4, -0.2) is 37.6 Å². The van der Waals surface area contributed by atoms with Gasteiger partial charge in [0.1, 0.15) is 15.9 Å². The minimum Gasteiger partial charge on any atom is -0.463 e. The Kier molecular flexibility index (Phi) is 7.77. The van der Waals surface area contributed by atoms with Crippen molar-refractivity contribution in [3.8, 4) is 0 Å². The quantitative estimate of drug-likeness (QED) is 0.615. The van der Waals surface area contributed by atoms with Gasteiger partial charge in [-0.3, -0.25) is 4.79 Å². The molecule has 152 valence electrons. The normalized spacial score (nSPS) is 11.7. The third kappa shape index (κ3) is 5.20. The van der Waals surface area contributed by atoms with Crippen LogP contribution in [0.2, 0.25) is 0 Å². The maximum atomic E-state index is 12.4. The van der Waals surface area contributed by atoms with Crippen LogP contribution in [0.25, 0.3) is 0 Å². The first kappa shape index (κ1) is 21.6. The number of nitrogens with one attached hydrogen (secondary N) is 1. The zero-order valence-electron chi connectivity index (χ0n) is 16.4. The zero-order valence-corrected chi connectivity index (χ0v) is 17.2. The van der Waals surface area contributed by atoms with Crippen LogP contribution in [0.1, 0.15) is 58.2 Å². The van der Waals surface area contributed by atoms with Crippen molar-refractivity contribution in [2.75, 3.05) is 25.1 Å². The SMILES string of the molecule is CCOC(=O)c1sc(NC(=O)C[NH2+][C@H](C)c2ccco2)c(C(=O)OCC)c1C. The summed E-state index contributed by atoms with van der Waals surface area (Å²) in [4.78, 5) is 37.2. The predicted octanol–water partition coefficient (Wildman–Crippen LogP) is 2.27. The molecule has 3 N–H and O–H groups in total. The van der Waals surface area contributed by atoms with Crippen LogP contribution < -0.4 is 10.6 Å². The molecular weight excluding hydrogens is 384 g/mol. The van der Waals surface area contributed by atoms with E-state index in [2.05, 4.69) is 5.32 Å². The van der Waals surface area contributed by atoms with Gasteiger partial charge in [0, 0.05) is 0 Å². The van der Waals surface area contributed by atoms with E-state index in [1.165, 1.54) is 0 Å². The summed E-state index contributed by atoms with van der Waals surface area (Å²) in [5, 5.41) is 4.81. The Morgan fingerprint density at radius 1 is 1.21 bits per heavy atom. The molecule has 0 saturated heterocycles. The Labute approximate surface area is 167 Å². The molecule has 0 spiro atoms. The van der Waals surface area contributed by atoms with Gasteiger partial charge in [0.25, 0.3) is 5.91 Å². The summed E-state index contributed by atoms with van der Waals surface area (Å²) in [6, 6.07) is 3.59. The summed E-state index contributed by atoms with van der Waals surface area (Å²) in [6.45, 7) is 7.47. The highest BCUT2D eigenvalue weighted by Gasteiger charge is 2.27. The van der Waals surface area contributed by atoms with Crippen molar-refractivity contribution in [3.05, 3.63) is 40.2 Å². The van der Waals surface area contributed by atoms with E-state index in [1.54, 1.807) is 33.1 Å². The van der Waals surface area contributed by atoms with Crippen LogP contribution in [0.15, 0.2) is 22.8 Å². The molecule has 0 fully saturated rings. The maximum Gasteiger partial charge on any atom is 0.348 e. The fraction of sp³-hybridized carbons (Fsp3) is 0.421. The number of ether oxygens (including phenoxy) is 2. The lowest BCUT2D eigenvalue weighted by molar-refractivity contribution is -0.684. The summed E-state index contributed by atoms with van der Waals surface area (Å²) in [5.74, 6) is -0.665. The fourth-order valence-electron chi connectivity index (χ4n) is 2.57. The number of furan rings is 1. The molecule has 0 radical (unpaired) electrons. The molecule has 9 heteroatoms. The lowest BCUT2D eigenvalue weighted by Crippen LogP contribution is -2.86. The van der Waals surface area contributed by atoms with Gasteiger partial charge < -0.3 is 24.5 Å². The highest BCUT2D eigenvalue weighted by atomic mass is 32.1. The third-order valence-corrected chi connectivity index (χ3v) is 5.18. The van der Waals surface area contributed by atoms with Gasteiger partial charge in [-0.25, -0.2) is 9.59 Å². The predicted molar refractivity (Wildman–Crippen MR) is 104 cm³/mol. The lowest BCUT2D eigenvalue weighted by Gasteiger charge is -2.09. The first-order valence-electron chi connectivity index (χ1n) is 9.03. The molecule has 0 aliphatic carbocycles. The number of anilines is 1. The molecule has 0 saturated carbocycles. The average molecular weight is 409 g/mol. The first-order valence-corrected chi connectivity index (χ1v) is 9.84. The molecule has 2 rings (SSSR count). The Bertz CT molecular complexity index is 828. The number of rotatable bonds is 9. The van der Waals surface area contributed by atoms with E-state index in [0.29, 0.717) is 5.56 Å². The van der Waals surface area contributed by atoms with E-state index >= 15 is 0 Å². The minimum absolute atomic E-state index is 0.0366. The first-order chi connectivity index (χ1) is 13.4. The topological polar surface area (TPSA) is 111 Å². The maximum absolute atomic E-state index is 12.4. The van der Waals surface area contributed by atoms with E-state index in [9.17, 15) is 14.4 Å². The Morgan fingerprint density at radius 2 is 1.89 bits per heavy atom. The Balaban J connectivity index is 2.15. The van der Waals surface area contributed by atoms with Gasteiger partial charge >= 0.3 is 11.9 Å². The van der Waals surface area contributed by atoms with Crippen molar-refractivity contribution in [2.24, 2.45) is 0 Å². The number of carbonyl (C=O) groups is 3. The van der Waals surface area contributed by atoms with Crippen LogP contribution in [0.4, 0.5) is 5.00 Å². The van der Waals surface area contributed by atoms with Gasteiger partial charge in [-0.05, 0) is 45.4 Å². The van der Waals surface area contributed by atoms with Crippen LogP contribution in [0.5, 0.6) is 0 Å². The van der Waals surface area contributed by atoms with Gasteiger partial charge in [-0.1, -0.05) is 0 Å². The number of nitrogens with two attached hydrogens (primary N) is 1. The molecule has 28 heavy (non-hydrogen) atoms.